The summed E-state index contributed by atoms with van der Waals surface area (Å²) in [7, 11) is 0. The summed E-state index contributed by atoms with van der Waals surface area (Å²) in [5, 5.41) is 0. The molecule has 7 fully saturated rings. The molecule has 2 nitrogen and oxygen atoms in total. The van der Waals surface area contributed by atoms with E-state index in [1.54, 1.807) is 0 Å². The third-order valence-corrected chi connectivity index (χ3v) is 17.5. The number of nitrogens with zero attached hydrogens (tertiary/aromatic N) is 2. The van der Waals surface area contributed by atoms with E-state index in [0.29, 0.717) is 0 Å². The molecule has 7 rings (SSSR count). The molecule has 0 saturated heterocycles. The summed E-state index contributed by atoms with van der Waals surface area (Å²) in [5.41, 5.74) is 0. The molecule has 51 heavy (non-hydrogen) atoms. The van der Waals surface area contributed by atoms with Crippen LogP contribution in [0.5, 0.6) is 0 Å². The summed E-state index contributed by atoms with van der Waals surface area (Å²) < 4.78 is 0. The Balaban J connectivity index is 0.865. The highest BCUT2D eigenvalue weighted by atomic mass is 15.2. The van der Waals surface area contributed by atoms with Crippen molar-refractivity contribution in [3.63, 3.8) is 0 Å². The predicted octanol–water partition coefficient (Wildman–Crippen LogP) is 13.6. The fraction of sp³-hybridized carbons (Fsp3) is 0.959. The van der Waals surface area contributed by atoms with Gasteiger partial charge in [-0.05, 0) is 227 Å². The number of rotatable bonds is 9. The largest absolute Gasteiger partial charge is 0.294 e. The first kappa shape index (κ1) is 38.9. The molecular weight excluding hydrogens is 617 g/mol. The summed E-state index contributed by atoms with van der Waals surface area (Å²) in [4.78, 5) is 6.39. The predicted molar refractivity (Wildman–Crippen MR) is 220 cm³/mol. The van der Waals surface area contributed by atoms with Crippen molar-refractivity contribution in [3.8, 4) is 0 Å². The Morgan fingerprint density at radius 3 is 1.00 bits per heavy atom. The Labute approximate surface area is 318 Å². The quantitative estimate of drug-likeness (QED) is 0.221. The SMILES string of the molecule is CC1CCC(N(C2CCC(C)CC2)C2CCC(C3CCC(/C=C/C4CCC(N(C5CCC(C)CC5)C5CCC(C)CC5)CC4C)CC3)CC2)CC1. The van der Waals surface area contributed by atoms with Gasteiger partial charge in [-0.1, -0.05) is 46.8 Å². The molecule has 0 aromatic carbocycles. The summed E-state index contributed by atoms with van der Waals surface area (Å²) in [6, 6.07) is 5.34. The maximum atomic E-state index is 3.20. The van der Waals surface area contributed by atoms with Crippen LogP contribution >= 0.6 is 0 Å². The molecule has 7 aliphatic rings. The van der Waals surface area contributed by atoms with Gasteiger partial charge in [0.05, 0.1) is 0 Å². The average Bonchev–Trinajstić information content (AvgIpc) is 3.15. The van der Waals surface area contributed by atoms with E-state index in [0.717, 1.165) is 89.5 Å². The zero-order valence-corrected chi connectivity index (χ0v) is 34.8. The fourth-order valence-corrected chi connectivity index (χ4v) is 13.9. The van der Waals surface area contributed by atoms with Gasteiger partial charge in [-0.2, -0.15) is 0 Å². The molecule has 7 saturated carbocycles. The average molecular weight is 703 g/mol. The summed E-state index contributed by atoms with van der Waals surface area (Å²) in [6.45, 7) is 12.7. The molecule has 0 bridgehead atoms. The highest BCUT2D eigenvalue weighted by Gasteiger charge is 2.41. The third kappa shape index (κ3) is 10.1. The molecule has 3 unspecified atom stereocenters. The Bertz CT molecular complexity index is 974. The molecule has 0 aromatic rings. The second-order valence-electron chi connectivity index (χ2n) is 21.3. The number of allylic oxidation sites excluding steroid dienone is 2. The van der Waals surface area contributed by atoms with Gasteiger partial charge >= 0.3 is 0 Å². The second-order valence-corrected chi connectivity index (χ2v) is 21.3. The molecule has 2 heteroatoms. The van der Waals surface area contributed by atoms with Gasteiger partial charge in [-0.25, -0.2) is 0 Å². The van der Waals surface area contributed by atoms with E-state index in [-0.39, 0.29) is 0 Å². The second kappa shape index (κ2) is 18.5. The van der Waals surface area contributed by atoms with Crippen molar-refractivity contribution in [2.75, 3.05) is 0 Å². The third-order valence-electron chi connectivity index (χ3n) is 17.5. The number of hydrogen-bond donors (Lipinski definition) is 0. The normalized spacial score (nSPS) is 46.5. The molecule has 0 heterocycles. The molecule has 0 amide bonds. The Hall–Kier alpha value is -0.340. The summed E-state index contributed by atoms with van der Waals surface area (Å²) in [5.74, 6) is 8.46. The minimum Gasteiger partial charge on any atom is -0.294 e. The van der Waals surface area contributed by atoms with Crippen LogP contribution in [0.3, 0.4) is 0 Å². The van der Waals surface area contributed by atoms with E-state index < -0.39 is 0 Å². The van der Waals surface area contributed by atoms with Crippen LogP contribution in [0.25, 0.3) is 0 Å². The van der Waals surface area contributed by atoms with Gasteiger partial charge in [0.1, 0.15) is 0 Å². The van der Waals surface area contributed by atoms with Crippen molar-refractivity contribution in [1.82, 2.24) is 9.80 Å². The minimum atomic E-state index is 0.830. The van der Waals surface area contributed by atoms with E-state index in [4.69, 9.17) is 0 Å². The first-order valence-corrected chi connectivity index (χ1v) is 24.0. The van der Waals surface area contributed by atoms with Crippen LogP contribution in [0, 0.1) is 53.3 Å². The topological polar surface area (TPSA) is 6.48 Å². The van der Waals surface area contributed by atoms with Gasteiger partial charge in [0, 0.05) is 36.3 Å². The highest BCUT2D eigenvalue weighted by molar-refractivity contribution is 5.02. The first-order chi connectivity index (χ1) is 24.8. The van der Waals surface area contributed by atoms with E-state index in [9.17, 15) is 0 Å². The molecule has 0 aromatic heterocycles. The van der Waals surface area contributed by atoms with Gasteiger partial charge in [0.15, 0.2) is 0 Å². The molecule has 0 N–H and O–H groups in total. The van der Waals surface area contributed by atoms with Crippen molar-refractivity contribution in [3.05, 3.63) is 12.2 Å². The zero-order chi connectivity index (χ0) is 35.3. The van der Waals surface area contributed by atoms with Gasteiger partial charge in [-0.3, -0.25) is 9.80 Å². The van der Waals surface area contributed by atoms with Crippen molar-refractivity contribution in [2.45, 2.75) is 244 Å². The zero-order valence-electron chi connectivity index (χ0n) is 34.8. The molecule has 0 spiro atoms. The van der Waals surface area contributed by atoms with E-state index in [1.807, 2.05) is 0 Å². The Kier molecular flexibility index (Phi) is 14.1. The van der Waals surface area contributed by atoms with Gasteiger partial charge < -0.3 is 0 Å². The van der Waals surface area contributed by atoms with Crippen LogP contribution in [0.4, 0.5) is 0 Å². The number of hydrogen-bond acceptors (Lipinski definition) is 2. The molecular formula is C49H86N2. The molecule has 0 aliphatic heterocycles. The van der Waals surface area contributed by atoms with Crippen LogP contribution < -0.4 is 0 Å². The maximum absolute atomic E-state index is 3.20. The van der Waals surface area contributed by atoms with E-state index >= 15 is 0 Å². The molecule has 7 aliphatic carbocycles. The smallest absolute Gasteiger partial charge is 0.0104 e. The molecule has 0 radical (unpaired) electrons. The standard InChI is InChI=1S/C49H86N2/c1-35-6-23-44(24-7-35)50(45-25-8-36(2)9-26-45)48-31-21-43(22-32-48)42-18-15-40(16-19-42)14-17-41-20-33-49(34-39(41)5)51(46-27-10-37(3)11-28-46)47-29-12-38(4)13-30-47/h14,17,35-49H,6-13,15-16,18-34H2,1-5H3/b17-14+. The van der Waals surface area contributed by atoms with Crippen LogP contribution in [-0.2, 0) is 0 Å². The lowest BCUT2D eigenvalue weighted by Crippen LogP contribution is -2.53. The minimum absolute atomic E-state index is 0.830. The van der Waals surface area contributed by atoms with E-state index in [1.165, 1.54) is 173 Å². The lowest BCUT2D eigenvalue weighted by atomic mass is 9.69. The van der Waals surface area contributed by atoms with Crippen molar-refractivity contribution in [2.24, 2.45) is 53.3 Å². The maximum Gasteiger partial charge on any atom is 0.0104 e. The Morgan fingerprint density at radius 1 is 0.314 bits per heavy atom. The van der Waals surface area contributed by atoms with Crippen LogP contribution in [0.2, 0.25) is 0 Å². The summed E-state index contributed by atoms with van der Waals surface area (Å²) in [6.07, 6.45) is 45.7. The fourth-order valence-electron chi connectivity index (χ4n) is 13.9. The molecule has 3 atom stereocenters. The van der Waals surface area contributed by atoms with Crippen LogP contribution in [-0.4, -0.2) is 46.1 Å². The van der Waals surface area contributed by atoms with Crippen molar-refractivity contribution < 1.29 is 0 Å². The summed E-state index contributed by atoms with van der Waals surface area (Å²) >= 11 is 0. The Morgan fingerprint density at radius 2 is 0.627 bits per heavy atom. The van der Waals surface area contributed by atoms with Crippen LogP contribution in [0.15, 0.2) is 12.2 Å². The van der Waals surface area contributed by atoms with Gasteiger partial charge in [-0.15, -0.1) is 0 Å². The van der Waals surface area contributed by atoms with Crippen molar-refractivity contribution in [1.29, 1.82) is 0 Å². The van der Waals surface area contributed by atoms with Gasteiger partial charge in [0.2, 0.25) is 0 Å². The highest BCUT2D eigenvalue weighted by Crippen LogP contribution is 2.45. The first-order valence-electron chi connectivity index (χ1n) is 24.0. The lowest BCUT2D eigenvalue weighted by Gasteiger charge is -2.50. The van der Waals surface area contributed by atoms with Crippen molar-refractivity contribution >= 4 is 0 Å². The van der Waals surface area contributed by atoms with Crippen LogP contribution in [0.1, 0.15) is 208 Å². The molecule has 292 valence electrons. The monoisotopic (exact) mass is 703 g/mol. The van der Waals surface area contributed by atoms with E-state index in [2.05, 4.69) is 56.6 Å². The lowest BCUT2D eigenvalue weighted by molar-refractivity contribution is -0.00141. The van der Waals surface area contributed by atoms with Gasteiger partial charge in [0.25, 0.3) is 0 Å².